The van der Waals surface area contributed by atoms with Crippen LogP contribution in [-0.2, 0) is 0 Å². The smallest absolute Gasteiger partial charge is 0.0760 e. The average Bonchev–Trinajstić information content (AvgIpc) is 3.09. The van der Waals surface area contributed by atoms with Gasteiger partial charge in [0.05, 0.1) is 6.17 Å². The maximum Gasteiger partial charge on any atom is 0.0760 e. The van der Waals surface area contributed by atoms with Crippen molar-refractivity contribution in [2.24, 2.45) is 17.8 Å². The molecule has 5 atom stereocenters. The Balaban J connectivity index is 1.46. The SMILES string of the molecule is CC1CCN(C2NNC(C3CCCS3)C3CCCCC32)CC1. The molecule has 1 aliphatic carbocycles. The molecule has 22 heavy (non-hydrogen) atoms. The summed E-state index contributed by atoms with van der Waals surface area (Å²) in [6.45, 7) is 5.01. The highest BCUT2D eigenvalue weighted by Gasteiger charge is 2.45. The standard InChI is InChI=1S/C18H33N3S/c1-13-8-10-21(11-9-13)18-15-6-3-2-5-14(15)17(19-20-18)16-7-4-12-22-16/h13-20H,2-12H2,1H3. The molecule has 3 saturated heterocycles. The van der Waals surface area contributed by atoms with Crippen LogP contribution in [0.4, 0.5) is 0 Å². The van der Waals surface area contributed by atoms with Gasteiger partial charge in [-0.25, -0.2) is 5.43 Å². The van der Waals surface area contributed by atoms with Crippen LogP contribution in [0.1, 0.15) is 58.3 Å². The third-order valence-electron chi connectivity index (χ3n) is 6.72. The van der Waals surface area contributed by atoms with Crippen molar-refractivity contribution in [1.82, 2.24) is 15.8 Å². The minimum atomic E-state index is 0.598. The Kier molecular flexibility index (Phi) is 5.01. The topological polar surface area (TPSA) is 27.3 Å². The largest absolute Gasteiger partial charge is 0.287 e. The fourth-order valence-corrected chi connectivity index (χ4v) is 6.79. The van der Waals surface area contributed by atoms with Crippen LogP contribution in [0.3, 0.4) is 0 Å². The number of piperidine rings is 1. The second kappa shape index (κ2) is 7.00. The number of hydrogen-bond donors (Lipinski definition) is 2. The first-order valence-electron chi connectivity index (χ1n) is 9.69. The number of thioether (sulfide) groups is 1. The molecule has 3 nitrogen and oxygen atoms in total. The minimum Gasteiger partial charge on any atom is -0.287 e. The lowest BCUT2D eigenvalue weighted by Crippen LogP contribution is -2.69. The Morgan fingerprint density at radius 1 is 0.864 bits per heavy atom. The molecule has 3 heterocycles. The normalized spacial score (nSPS) is 44.9. The van der Waals surface area contributed by atoms with Crippen molar-refractivity contribution in [3.8, 4) is 0 Å². The zero-order valence-corrected chi connectivity index (χ0v) is 14.9. The van der Waals surface area contributed by atoms with E-state index in [0.29, 0.717) is 6.17 Å². The van der Waals surface area contributed by atoms with E-state index in [9.17, 15) is 0 Å². The summed E-state index contributed by atoms with van der Waals surface area (Å²) >= 11 is 2.23. The van der Waals surface area contributed by atoms with Gasteiger partial charge in [-0.3, -0.25) is 10.3 Å². The first kappa shape index (κ1) is 15.7. The minimum absolute atomic E-state index is 0.598. The summed E-state index contributed by atoms with van der Waals surface area (Å²) in [5.41, 5.74) is 7.60. The quantitative estimate of drug-likeness (QED) is 0.816. The van der Waals surface area contributed by atoms with Crippen molar-refractivity contribution < 1.29 is 0 Å². The number of nitrogens with one attached hydrogen (secondary N) is 2. The van der Waals surface area contributed by atoms with Crippen molar-refractivity contribution in [2.75, 3.05) is 18.8 Å². The molecule has 0 radical (unpaired) electrons. The zero-order chi connectivity index (χ0) is 14.9. The van der Waals surface area contributed by atoms with Crippen LogP contribution in [-0.4, -0.2) is 41.2 Å². The number of hydrazine groups is 1. The number of hydrogen-bond acceptors (Lipinski definition) is 4. The molecule has 4 heteroatoms. The summed E-state index contributed by atoms with van der Waals surface area (Å²) in [6.07, 6.45) is 12.0. The number of fused-ring (bicyclic) bond motifs is 1. The number of likely N-dealkylation sites (tertiary alicyclic amines) is 1. The van der Waals surface area contributed by atoms with E-state index in [0.717, 1.165) is 29.0 Å². The van der Waals surface area contributed by atoms with Gasteiger partial charge in [-0.2, -0.15) is 11.8 Å². The monoisotopic (exact) mass is 323 g/mol. The molecular formula is C18H33N3S. The van der Waals surface area contributed by atoms with Crippen LogP contribution >= 0.6 is 11.8 Å². The Bertz CT molecular complexity index is 363. The van der Waals surface area contributed by atoms with E-state index in [2.05, 4.69) is 34.4 Å². The van der Waals surface area contributed by atoms with E-state index < -0.39 is 0 Å². The van der Waals surface area contributed by atoms with Gasteiger partial charge in [0.15, 0.2) is 0 Å². The Hall–Kier alpha value is 0.230. The first-order valence-corrected chi connectivity index (χ1v) is 10.7. The van der Waals surface area contributed by atoms with Crippen LogP contribution in [0.5, 0.6) is 0 Å². The second-order valence-electron chi connectivity index (χ2n) is 8.14. The van der Waals surface area contributed by atoms with Crippen molar-refractivity contribution in [2.45, 2.75) is 75.7 Å². The Labute approximate surface area is 140 Å². The molecule has 126 valence electrons. The van der Waals surface area contributed by atoms with Gasteiger partial charge in [0.25, 0.3) is 0 Å². The highest BCUT2D eigenvalue weighted by atomic mass is 32.2. The lowest BCUT2D eigenvalue weighted by molar-refractivity contribution is -0.0240. The van der Waals surface area contributed by atoms with E-state index in [1.807, 2.05) is 0 Å². The molecule has 1 saturated carbocycles. The molecule has 4 rings (SSSR count). The molecule has 0 aromatic heterocycles. The van der Waals surface area contributed by atoms with Crippen LogP contribution in [0, 0.1) is 17.8 Å². The first-order chi connectivity index (χ1) is 10.8. The van der Waals surface area contributed by atoms with Crippen LogP contribution in [0.15, 0.2) is 0 Å². The Morgan fingerprint density at radius 2 is 1.64 bits per heavy atom. The molecule has 2 N–H and O–H groups in total. The number of nitrogens with zero attached hydrogens (tertiary/aromatic N) is 1. The van der Waals surface area contributed by atoms with Gasteiger partial charge in [-0.05, 0) is 75.1 Å². The van der Waals surface area contributed by atoms with E-state index >= 15 is 0 Å². The summed E-state index contributed by atoms with van der Waals surface area (Å²) in [4.78, 5) is 2.76. The predicted molar refractivity (Wildman–Crippen MR) is 94.7 cm³/mol. The molecule has 5 unspecified atom stereocenters. The lowest BCUT2D eigenvalue weighted by atomic mass is 9.71. The van der Waals surface area contributed by atoms with E-state index in [1.54, 1.807) is 0 Å². The van der Waals surface area contributed by atoms with Crippen molar-refractivity contribution in [3.05, 3.63) is 0 Å². The molecule has 4 fully saturated rings. The summed E-state index contributed by atoms with van der Waals surface area (Å²) in [6, 6.07) is 0.720. The van der Waals surface area contributed by atoms with Crippen molar-refractivity contribution >= 4 is 11.8 Å². The zero-order valence-electron chi connectivity index (χ0n) is 14.1. The number of rotatable bonds is 2. The van der Waals surface area contributed by atoms with Gasteiger partial charge in [-0.1, -0.05) is 19.8 Å². The van der Waals surface area contributed by atoms with Crippen LogP contribution in [0.2, 0.25) is 0 Å². The molecule has 3 aliphatic heterocycles. The van der Waals surface area contributed by atoms with Crippen LogP contribution < -0.4 is 10.9 Å². The predicted octanol–water partition coefficient (Wildman–Crippen LogP) is 3.22. The molecule has 0 spiro atoms. The highest BCUT2D eigenvalue weighted by Crippen LogP contribution is 2.43. The van der Waals surface area contributed by atoms with E-state index in [1.165, 1.54) is 70.2 Å². The maximum atomic E-state index is 3.81. The van der Waals surface area contributed by atoms with E-state index in [-0.39, 0.29) is 0 Å². The maximum absolute atomic E-state index is 3.81. The molecule has 0 amide bonds. The molecular weight excluding hydrogens is 290 g/mol. The van der Waals surface area contributed by atoms with Crippen molar-refractivity contribution in [3.63, 3.8) is 0 Å². The lowest BCUT2D eigenvalue weighted by Gasteiger charge is -2.52. The average molecular weight is 324 g/mol. The fourth-order valence-electron chi connectivity index (χ4n) is 5.35. The third kappa shape index (κ3) is 3.09. The van der Waals surface area contributed by atoms with Gasteiger partial charge >= 0.3 is 0 Å². The summed E-state index contributed by atoms with van der Waals surface area (Å²) in [7, 11) is 0. The Morgan fingerprint density at radius 3 is 2.36 bits per heavy atom. The highest BCUT2D eigenvalue weighted by molar-refractivity contribution is 8.00. The van der Waals surface area contributed by atoms with Gasteiger partial charge < -0.3 is 0 Å². The molecule has 4 aliphatic rings. The van der Waals surface area contributed by atoms with Gasteiger partial charge in [-0.15, -0.1) is 0 Å². The van der Waals surface area contributed by atoms with Gasteiger partial charge in [0.2, 0.25) is 0 Å². The third-order valence-corrected chi connectivity index (χ3v) is 8.20. The van der Waals surface area contributed by atoms with Gasteiger partial charge in [0.1, 0.15) is 0 Å². The summed E-state index contributed by atoms with van der Waals surface area (Å²) < 4.78 is 0. The van der Waals surface area contributed by atoms with Gasteiger partial charge in [0, 0.05) is 11.3 Å². The fraction of sp³-hybridized carbons (Fsp3) is 1.00. The second-order valence-corrected chi connectivity index (χ2v) is 9.49. The molecule has 0 bridgehead atoms. The molecule has 0 aromatic rings. The molecule has 0 aromatic carbocycles. The summed E-state index contributed by atoms with van der Waals surface area (Å²) in [5.74, 6) is 4.11. The van der Waals surface area contributed by atoms with Crippen LogP contribution in [0.25, 0.3) is 0 Å². The van der Waals surface area contributed by atoms with Crippen molar-refractivity contribution in [1.29, 1.82) is 0 Å². The summed E-state index contributed by atoms with van der Waals surface area (Å²) in [5, 5.41) is 0.862. The van der Waals surface area contributed by atoms with E-state index in [4.69, 9.17) is 0 Å².